The Morgan fingerprint density at radius 1 is 1.67 bits per heavy atom. The van der Waals surface area contributed by atoms with Crippen molar-refractivity contribution in [3.05, 3.63) is 28.0 Å². The SMILES string of the molecule is Cc1c(N)c(CO)cc(Cl)c1F. The number of aliphatic hydroxyl groups excluding tert-OH is 1. The Hall–Kier alpha value is -0.800. The van der Waals surface area contributed by atoms with Gasteiger partial charge in [0.05, 0.1) is 11.6 Å². The molecule has 3 N–H and O–H groups in total. The number of anilines is 1. The van der Waals surface area contributed by atoms with Gasteiger partial charge in [-0.15, -0.1) is 0 Å². The lowest BCUT2D eigenvalue weighted by molar-refractivity contribution is 0.282. The predicted octanol–water partition coefficient (Wildman–Crippen LogP) is 1.86. The third-order valence-corrected chi connectivity index (χ3v) is 2.04. The van der Waals surface area contributed by atoms with Gasteiger partial charge >= 0.3 is 0 Å². The summed E-state index contributed by atoms with van der Waals surface area (Å²) in [7, 11) is 0. The molecule has 0 saturated carbocycles. The molecule has 0 aliphatic heterocycles. The van der Waals surface area contributed by atoms with Crippen molar-refractivity contribution >= 4 is 17.3 Å². The smallest absolute Gasteiger partial charge is 0.146 e. The lowest BCUT2D eigenvalue weighted by Crippen LogP contribution is -2.00. The van der Waals surface area contributed by atoms with E-state index < -0.39 is 5.82 Å². The average molecular weight is 190 g/mol. The highest BCUT2D eigenvalue weighted by Gasteiger charge is 2.10. The van der Waals surface area contributed by atoms with Gasteiger partial charge in [0.25, 0.3) is 0 Å². The van der Waals surface area contributed by atoms with E-state index >= 15 is 0 Å². The van der Waals surface area contributed by atoms with Gasteiger partial charge in [-0.05, 0) is 13.0 Å². The molecule has 0 aliphatic carbocycles. The van der Waals surface area contributed by atoms with Crippen molar-refractivity contribution in [1.29, 1.82) is 0 Å². The van der Waals surface area contributed by atoms with Crippen LogP contribution >= 0.6 is 11.6 Å². The van der Waals surface area contributed by atoms with E-state index in [1.54, 1.807) is 0 Å². The van der Waals surface area contributed by atoms with E-state index in [2.05, 4.69) is 0 Å². The molecule has 66 valence electrons. The number of hydrogen-bond acceptors (Lipinski definition) is 2. The molecule has 0 amide bonds. The molecule has 2 nitrogen and oxygen atoms in total. The van der Waals surface area contributed by atoms with Crippen LogP contribution in [0.15, 0.2) is 6.07 Å². The average Bonchev–Trinajstić information content (AvgIpc) is 2.08. The highest BCUT2D eigenvalue weighted by Crippen LogP contribution is 2.26. The summed E-state index contributed by atoms with van der Waals surface area (Å²) in [6.45, 7) is 1.29. The molecule has 0 aromatic heterocycles. The fourth-order valence-corrected chi connectivity index (χ4v) is 1.24. The first-order valence-electron chi connectivity index (χ1n) is 3.41. The van der Waals surface area contributed by atoms with Crippen LogP contribution in [0, 0.1) is 12.7 Å². The van der Waals surface area contributed by atoms with Crippen molar-refractivity contribution in [2.45, 2.75) is 13.5 Å². The molecule has 0 saturated heterocycles. The van der Waals surface area contributed by atoms with Crippen LogP contribution in [0.25, 0.3) is 0 Å². The van der Waals surface area contributed by atoms with Gasteiger partial charge in [-0.2, -0.15) is 0 Å². The van der Waals surface area contributed by atoms with Gasteiger partial charge in [-0.25, -0.2) is 4.39 Å². The normalized spacial score (nSPS) is 10.3. The predicted molar refractivity (Wildman–Crippen MR) is 46.5 cm³/mol. The molecule has 0 spiro atoms. The summed E-state index contributed by atoms with van der Waals surface area (Å²) in [5.41, 5.74) is 6.51. The van der Waals surface area contributed by atoms with Gasteiger partial charge in [0.2, 0.25) is 0 Å². The zero-order valence-corrected chi connectivity index (χ0v) is 7.32. The van der Waals surface area contributed by atoms with Crippen LogP contribution in [-0.2, 0) is 6.61 Å². The first kappa shape index (κ1) is 9.29. The molecule has 0 bridgehead atoms. The fraction of sp³-hybridized carbons (Fsp3) is 0.250. The second kappa shape index (κ2) is 3.29. The Bertz CT molecular complexity index is 314. The summed E-state index contributed by atoms with van der Waals surface area (Å²) in [5, 5.41) is 8.79. The summed E-state index contributed by atoms with van der Waals surface area (Å²) in [5.74, 6) is -0.522. The van der Waals surface area contributed by atoms with Crippen molar-refractivity contribution in [2.24, 2.45) is 0 Å². The molecule has 0 atom stereocenters. The van der Waals surface area contributed by atoms with Crippen LogP contribution in [-0.4, -0.2) is 5.11 Å². The highest BCUT2D eigenvalue weighted by atomic mass is 35.5. The van der Waals surface area contributed by atoms with Crippen LogP contribution in [0.3, 0.4) is 0 Å². The zero-order valence-electron chi connectivity index (χ0n) is 6.56. The van der Waals surface area contributed by atoms with Gasteiger partial charge in [-0.1, -0.05) is 11.6 Å². The maximum atomic E-state index is 13.0. The van der Waals surface area contributed by atoms with E-state index in [4.69, 9.17) is 22.4 Å². The number of hydrogen-bond donors (Lipinski definition) is 2. The minimum absolute atomic E-state index is 0.00856. The van der Waals surface area contributed by atoms with Gasteiger partial charge in [0.15, 0.2) is 0 Å². The summed E-state index contributed by atoms with van der Waals surface area (Å²) in [6, 6.07) is 1.33. The molecule has 0 radical (unpaired) electrons. The number of halogens is 2. The molecule has 1 aromatic carbocycles. The minimum Gasteiger partial charge on any atom is -0.398 e. The lowest BCUT2D eigenvalue weighted by atomic mass is 10.1. The van der Waals surface area contributed by atoms with E-state index in [0.717, 1.165) is 0 Å². The lowest BCUT2D eigenvalue weighted by Gasteiger charge is -2.07. The Morgan fingerprint density at radius 2 is 2.25 bits per heavy atom. The Kier molecular flexibility index (Phi) is 2.55. The quantitative estimate of drug-likeness (QED) is 0.663. The maximum absolute atomic E-state index is 13.0. The molecule has 0 aliphatic rings. The summed E-state index contributed by atoms with van der Waals surface area (Å²) in [4.78, 5) is 0. The first-order valence-corrected chi connectivity index (χ1v) is 3.79. The van der Waals surface area contributed by atoms with E-state index in [1.807, 2.05) is 0 Å². The minimum atomic E-state index is -0.522. The molecule has 1 aromatic rings. The van der Waals surface area contributed by atoms with Crippen molar-refractivity contribution < 1.29 is 9.50 Å². The van der Waals surface area contributed by atoms with Crippen LogP contribution < -0.4 is 5.73 Å². The standard InChI is InChI=1S/C8H9ClFNO/c1-4-7(10)6(9)2-5(3-12)8(4)11/h2,12H,3,11H2,1H3. The third kappa shape index (κ3) is 1.38. The van der Waals surface area contributed by atoms with Crippen molar-refractivity contribution in [2.75, 3.05) is 5.73 Å². The van der Waals surface area contributed by atoms with E-state index in [9.17, 15) is 4.39 Å². The van der Waals surface area contributed by atoms with Crippen molar-refractivity contribution in [1.82, 2.24) is 0 Å². The van der Waals surface area contributed by atoms with E-state index in [-0.39, 0.29) is 22.9 Å². The zero-order chi connectivity index (χ0) is 9.30. The monoisotopic (exact) mass is 189 g/mol. The first-order chi connectivity index (χ1) is 5.57. The van der Waals surface area contributed by atoms with Gasteiger partial charge < -0.3 is 10.8 Å². The molecule has 0 heterocycles. The van der Waals surface area contributed by atoms with Crippen LogP contribution in [0.4, 0.5) is 10.1 Å². The van der Waals surface area contributed by atoms with Crippen LogP contribution in [0.1, 0.15) is 11.1 Å². The Labute approximate surface area is 74.8 Å². The van der Waals surface area contributed by atoms with E-state index in [0.29, 0.717) is 5.56 Å². The molecule has 4 heteroatoms. The number of rotatable bonds is 1. The number of aliphatic hydroxyl groups is 1. The number of nitrogen functional groups attached to an aromatic ring is 1. The van der Waals surface area contributed by atoms with Gasteiger partial charge in [0.1, 0.15) is 5.82 Å². The van der Waals surface area contributed by atoms with Gasteiger partial charge in [-0.3, -0.25) is 0 Å². The number of benzene rings is 1. The molecular weight excluding hydrogens is 181 g/mol. The Balaban J connectivity index is 3.39. The molecule has 0 unspecified atom stereocenters. The van der Waals surface area contributed by atoms with Crippen LogP contribution in [0.5, 0.6) is 0 Å². The molecular formula is C8H9ClFNO. The van der Waals surface area contributed by atoms with Gasteiger partial charge in [0, 0.05) is 16.8 Å². The molecule has 0 fully saturated rings. The summed E-state index contributed by atoms with van der Waals surface area (Å²) < 4.78 is 13.0. The third-order valence-electron chi connectivity index (χ3n) is 1.76. The molecule has 1 rings (SSSR count). The maximum Gasteiger partial charge on any atom is 0.146 e. The van der Waals surface area contributed by atoms with E-state index in [1.165, 1.54) is 13.0 Å². The summed E-state index contributed by atoms with van der Waals surface area (Å²) >= 11 is 5.53. The molecule has 12 heavy (non-hydrogen) atoms. The second-order valence-corrected chi connectivity index (χ2v) is 2.94. The highest BCUT2D eigenvalue weighted by molar-refractivity contribution is 6.31. The Morgan fingerprint density at radius 3 is 2.75 bits per heavy atom. The topological polar surface area (TPSA) is 46.2 Å². The van der Waals surface area contributed by atoms with Crippen molar-refractivity contribution in [3.63, 3.8) is 0 Å². The largest absolute Gasteiger partial charge is 0.398 e. The summed E-state index contributed by atoms with van der Waals surface area (Å²) in [6.07, 6.45) is 0. The second-order valence-electron chi connectivity index (χ2n) is 2.53. The number of nitrogens with two attached hydrogens (primary N) is 1. The fourth-order valence-electron chi connectivity index (χ4n) is 0.963. The van der Waals surface area contributed by atoms with Crippen molar-refractivity contribution in [3.8, 4) is 0 Å². The van der Waals surface area contributed by atoms with Crippen LogP contribution in [0.2, 0.25) is 5.02 Å².